The molecule has 1 unspecified atom stereocenters. The van der Waals surface area contributed by atoms with Crippen LogP contribution < -0.4 is 9.80 Å². The lowest BCUT2D eigenvalue weighted by molar-refractivity contribution is 0.255. The molecule has 6 nitrogen and oxygen atoms in total. The largest absolute Gasteiger partial charge is 0.330 e. The van der Waals surface area contributed by atoms with Crippen molar-refractivity contribution in [3.63, 3.8) is 0 Å². The zero-order valence-corrected chi connectivity index (χ0v) is 14.8. The highest BCUT2D eigenvalue weighted by molar-refractivity contribution is 6.30. The fraction of sp³-hybridized carbons (Fsp3) is 0.100. The highest BCUT2D eigenvalue weighted by Crippen LogP contribution is 2.34. The van der Waals surface area contributed by atoms with Crippen molar-refractivity contribution >= 4 is 39.8 Å². The summed E-state index contributed by atoms with van der Waals surface area (Å²) in [6.07, 6.45) is 3.30. The third kappa shape index (κ3) is 2.73. The number of anilines is 2. The highest BCUT2D eigenvalue weighted by Gasteiger charge is 2.40. The molecule has 2 heterocycles. The second-order valence-corrected chi connectivity index (χ2v) is 6.50. The second kappa shape index (κ2) is 6.60. The number of amides is 2. The Kier molecular flexibility index (Phi) is 4.12. The first kappa shape index (κ1) is 16.8. The number of fused-ring (bicyclic) bond motifs is 1. The van der Waals surface area contributed by atoms with Crippen LogP contribution in [0.2, 0.25) is 5.02 Å². The number of benzene rings is 2. The van der Waals surface area contributed by atoms with Crippen molar-refractivity contribution in [3.05, 3.63) is 65.4 Å². The van der Waals surface area contributed by atoms with Gasteiger partial charge < -0.3 is 0 Å². The number of urea groups is 1. The molecule has 4 rings (SSSR count). The first-order valence-corrected chi connectivity index (χ1v) is 8.54. The SMILES string of the molecule is N#Cc1cc(Cl)ccc1N1CC(C#N)N(c2cncc3ccccc23)C1=O. The van der Waals surface area contributed by atoms with Gasteiger partial charge in [0, 0.05) is 22.0 Å². The summed E-state index contributed by atoms with van der Waals surface area (Å²) in [4.78, 5) is 20.3. The molecule has 2 amide bonds. The average molecular weight is 374 g/mol. The quantitative estimate of drug-likeness (QED) is 0.677. The molecule has 1 fully saturated rings. The number of hydrogen-bond donors (Lipinski definition) is 0. The number of nitriles is 2. The Morgan fingerprint density at radius 1 is 1.11 bits per heavy atom. The molecule has 130 valence electrons. The van der Waals surface area contributed by atoms with E-state index in [-0.39, 0.29) is 18.1 Å². The topological polar surface area (TPSA) is 84.0 Å². The number of halogens is 1. The standard InChI is InChI=1S/C20H12ClN5O/c21-15-5-6-18(14(7-15)8-22)25-12-16(9-23)26(20(25)27)19-11-24-10-13-3-1-2-4-17(13)19/h1-7,10-11,16H,12H2. The number of aromatic nitrogens is 1. The Hall–Kier alpha value is -3.61. The van der Waals surface area contributed by atoms with E-state index in [0.717, 1.165) is 10.8 Å². The van der Waals surface area contributed by atoms with Crippen molar-refractivity contribution < 1.29 is 4.79 Å². The Balaban J connectivity index is 1.83. The van der Waals surface area contributed by atoms with Gasteiger partial charge in [-0.1, -0.05) is 35.9 Å². The molecule has 0 aliphatic carbocycles. The molecule has 3 aromatic rings. The molecule has 0 N–H and O–H groups in total. The van der Waals surface area contributed by atoms with E-state index in [1.807, 2.05) is 24.3 Å². The molecular formula is C20H12ClN5O. The van der Waals surface area contributed by atoms with Crippen molar-refractivity contribution in [1.29, 1.82) is 10.5 Å². The minimum Gasteiger partial charge on any atom is -0.289 e. The smallest absolute Gasteiger partial charge is 0.289 e. The number of carbonyl (C=O) groups is 1. The molecule has 2 aromatic carbocycles. The molecule has 0 spiro atoms. The van der Waals surface area contributed by atoms with E-state index >= 15 is 0 Å². The molecule has 1 aromatic heterocycles. The normalized spacial score (nSPS) is 16.4. The summed E-state index contributed by atoms with van der Waals surface area (Å²) in [5.41, 5.74) is 1.29. The second-order valence-electron chi connectivity index (χ2n) is 6.06. The molecule has 27 heavy (non-hydrogen) atoms. The van der Waals surface area contributed by atoms with Crippen molar-refractivity contribution in [2.75, 3.05) is 16.3 Å². The maximum atomic E-state index is 13.2. The zero-order valence-electron chi connectivity index (χ0n) is 14.0. The molecule has 1 atom stereocenters. The van der Waals surface area contributed by atoms with Crippen LogP contribution in [0, 0.1) is 22.7 Å². The Morgan fingerprint density at radius 2 is 1.93 bits per heavy atom. The Labute approximate surface area is 160 Å². The summed E-state index contributed by atoms with van der Waals surface area (Å²) in [5, 5.41) is 21.2. The maximum Gasteiger partial charge on any atom is 0.330 e. The molecule has 1 aliphatic rings. The van der Waals surface area contributed by atoms with Crippen LogP contribution in [-0.4, -0.2) is 23.6 Å². The Bertz CT molecular complexity index is 1140. The third-order valence-corrected chi connectivity index (χ3v) is 4.76. The van der Waals surface area contributed by atoms with E-state index in [1.165, 1.54) is 15.9 Å². The summed E-state index contributed by atoms with van der Waals surface area (Å²) in [5.74, 6) is 0. The number of carbonyl (C=O) groups excluding carboxylic acids is 1. The van der Waals surface area contributed by atoms with E-state index in [1.54, 1.807) is 24.5 Å². The van der Waals surface area contributed by atoms with Crippen LogP contribution in [0.15, 0.2) is 54.9 Å². The highest BCUT2D eigenvalue weighted by atomic mass is 35.5. The van der Waals surface area contributed by atoms with Crippen LogP contribution in [0.4, 0.5) is 16.2 Å². The summed E-state index contributed by atoms with van der Waals surface area (Å²) >= 11 is 5.96. The van der Waals surface area contributed by atoms with Crippen molar-refractivity contribution in [1.82, 2.24) is 4.98 Å². The van der Waals surface area contributed by atoms with Gasteiger partial charge in [0.25, 0.3) is 0 Å². The molecule has 0 bridgehead atoms. The number of nitrogens with zero attached hydrogens (tertiary/aromatic N) is 5. The summed E-state index contributed by atoms with van der Waals surface area (Å²) in [7, 11) is 0. The molecule has 0 saturated carbocycles. The van der Waals surface area contributed by atoms with Gasteiger partial charge in [-0.2, -0.15) is 10.5 Å². The van der Waals surface area contributed by atoms with Crippen LogP contribution in [0.5, 0.6) is 0 Å². The van der Waals surface area contributed by atoms with Gasteiger partial charge in [0.2, 0.25) is 0 Å². The maximum absolute atomic E-state index is 13.2. The van der Waals surface area contributed by atoms with Crippen molar-refractivity contribution in [3.8, 4) is 12.1 Å². The summed E-state index contributed by atoms with van der Waals surface area (Å²) in [6, 6.07) is 15.5. The zero-order chi connectivity index (χ0) is 19.0. The monoisotopic (exact) mass is 373 g/mol. The van der Waals surface area contributed by atoms with Crippen LogP contribution in [0.3, 0.4) is 0 Å². The van der Waals surface area contributed by atoms with Crippen molar-refractivity contribution in [2.45, 2.75) is 6.04 Å². The fourth-order valence-corrected chi connectivity index (χ4v) is 3.46. The lowest BCUT2D eigenvalue weighted by Gasteiger charge is -2.21. The van der Waals surface area contributed by atoms with Gasteiger partial charge in [0.15, 0.2) is 0 Å². The number of pyridine rings is 1. The van der Waals surface area contributed by atoms with Crippen LogP contribution in [0.1, 0.15) is 5.56 Å². The van der Waals surface area contributed by atoms with Gasteiger partial charge in [-0.05, 0) is 18.2 Å². The van der Waals surface area contributed by atoms with E-state index < -0.39 is 6.04 Å². The predicted octanol–water partition coefficient (Wildman–Crippen LogP) is 4.10. The predicted molar refractivity (Wildman–Crippen MR) is 103 cm³/mol. The summed E-state index contributed by atoms with van der Waals surface area (Å²) < 4.78 is 0. The van der Waals surface area contributed by atoms with Crippen LogP contribution in [-0.2, 0) is 0 Å². The molecular weight excluding hydrogens is 362 g/mol. The van der Waals surface area contributed by atoms with E-state index in [9.17, 15) is 15.3 Å². The van der Waals surface area contributed by atoms with E-state index in [4.69, 9.17) is 11.6 Å². The van der Waals surface area contributed by atoms with Gasteiger partial charge in [0.1, 0.15) is 12.1 Å². The molecule has 1 saturated heterocycles. The van der Waals surface area contributed by atoms with E-state index in [0.29, 0.717) is 16.4 Å². The third-order valence-electron chi connectivity index (χ3n) is 4.53. The van der Waals surface area contributed by atoms with Crippen molar-refractivity contribution in [2.24, 2.45) is 0 Å². The van der Waals surface area contributed by atoms with Gasteiger partial charge >= 0.3 is 6.03 Å². The lowest BCUT2D eigenvalue weighted by atomic mass is 10.1. The molecule has 1 aliphatic heterocycles. The van der Waals surface area contributed by atoms with Gasteiger partial charge in [-0.15, -0.1) is 0 Å². The first-order valence-electron chi connectivity index (χ1n) is 8.17. The molecule has 7 heteroatoms. The number of rotatable bonds is 2. The minimum atomic E-state index is -0.702. The van der Waals surface area contributed by atoms with Gasteiger partial charge in [-0.25, -0.2) is 4.79 Å². The van der Waals surface area contributed by atoms with Gasteiger partial charge in [0.05, 0.1) is 35.7 Å². The first-order chi connectivity index (χ1) is 13.1. The summed E-state index contributed by atoms with van der Waals surface area (Å²) in [6.45, 7) is 0.148. The average Bonchev–Trinajstić information content (AvgIpc) is 3.03. The van der Waals surface area contributed by atoms with Gasteiger partial charge in [-0.3, -0.25) is 14.8 Å². The van der Waals surface area contributed by atoms with E-state index in [2.05, 4.69) is 17.1 Å². The molecule has 0 radical (unpaired) electrons. The minimum absolute atomic E-state index is 0.148. The Morgan fingerprint density at radius 3 is 2.70 bits per heavy atom. The lowest BCUT2D eigenvalue weighted by Crippen LogP contribution is -2.34. The fourth-order valence-electron chi connectivity index (χ4n) is 3.29. The number of hydrogen-bond acceptors (Lipinski definition) is 4. The van der Waals surface area contributed by atoms with Crippen LogP contribution in [0.25, 0.3) is 10.8 Å². The van der Waals surface area contributed by atoms with Crippen LogP contribution >= 0.6 is 11.6 Å².